The Labute approximate surface area is 122 Å². The van der Waals surface area contributed by atoms with Crippen molar-refractivity contribution >= 4 is 18.4 Å². The summed E-state index contributed by atoms with van der Waals surface area (Å²) in [6, 6.07) is 8.92. The number of hydrogen-bond acceptors (Lipinski definition) is 5. The summed E-state index contributed by atoms with van der Waals surface area (Å²) in [7, 11) is -1.03. The molecule has 1 aliphatic heterocycles. The number of fused-ring (bicyclic) bond motifs is 1. The van der Waals surface area contributed by atoms with Crippen molar-refractivity contribution in [3.63, 3.8) is 0 Å². The van der Waals surface area contributed by atoms with Gasteiger partial charge in [-0.3, -0.25) is 9.78 Å². The maximum absolute atomic E-state index is 11.2. The fourth-order valence-corrected chi connectivity index (χ4v) is 2.39. The molecule has 0 aliphatic carbocycles. The zero-order valence-electron chi connectivity index (χ0n) is 11.5. The Morgan fingerprint density at radius 3 is 3.00 bits per heavy atom. The van der Waals surface area contributed by atoms with Gasteiger partial charge >= 0.3 is 7.12 Å². The highest BCUT2D eigenvalue weighted by Crippen LogP contribution is 2.30. The number of benzene rings is 1. The lowest BCUT2D eigenvalue weighted by Gasteiger charge is -2.10. The van der Waals surface area contributed by atoms with Crippen molar-refractivity contribution in [2.24, 2.45) is 0 Å². The molecule has 0 spiro atoms. The van der Waals surface area contributed by atoms with Crippen molar-refractivity contribution in [2.75, 3.05) is 0 Å². The van der Waals surface area contributed by atoms with Crippen LogP contribution in [0.2, 0.25) is 0 Å². The third kappa shape index (κ3) is 2.96. The molecular formula is C15H14BNO4. The molecule has 0 radical (unpaired) electrons. The van der Waals surface area contributed by atoms with Gasteiger partial charge in [0.05, 0.1) is 12.3 Å². The minimum absolute atomic E-state index is 0.0238. The molecule has 0 amide bonds. The first-order valence-corrected chi connectivity index (χ1v) is 6.68. The summed E-state index contributed by atoms with van der Waals surface area (Å²) >= 11 is 0. The molecule has 1 atom stereocenters. The first-order valence-electron chi connectivity index (χ1n) is 6.68. The summed E-state index contributed by atoms with van der Waals surface area (Å²) in [5.41, 5.74) is 1.47. The Morgan fingerprint density at radius 2 is 2.29 bits per heavy atom. The van der Waals surface area contributed by atoms with Gasteiger partial charge in [0.2, 0.25) is 0 Å². The first-order chi connectivity index (χ1) is 10.1. The fraction of sp³-hybridized carbons (Fsp3) is 0.200. The van der Waals surface area contributed by atoms with E-state index < -0.39 is 7.12 Å². The summed E-state index contributed by atoms with van der Waals surface area (Å²) in [5, 5.41) is 9.95. The highest BCUT2D eigenvalue weighted by Gasteiger charge is 2.35. The Kier molecular flexibility index (Phi) is 3.73. The van der Waals surface area contributed by atoms with Crippen LogP contribution >= 0.6 is 0 Å². The number of Topliss-reactive ketones (excluding diaryl/α,β-unsaturated/α-hetero) is 1. The largest absolute Gasteiger partial charge is 0.492 e. The average molecular weight is 283 g/mol. The van der Waals surface area contributed by atoms with Crippen molar-refractivity contribution in [3.8, 4) is 11.5 Å². The Balaban J connectivity index is 1.85. The third-order valence-corrected chi connectivity index (χ3v) is 3.31. The second-order valence-corrected chi connectivity index (χ2v) is 4.96. The van der Waals surface area contributed by atoms with E-state index in [4.69, 9.17) is 9.39 Å². The molecule has 1 N–H and O–H groups in total. The van der Waals surface area contributed by atoms with Crippen LogP contribution in [-0.4, -0.2) is 22.9 Å². The summed E-state index contributed by atoms with van der Waals surface area (Å²) in [5.74, 6) is 1.23. The number of ketones is 1. The van der Waals surface area contributed by atoms with Crippen LogP contribution in [0.3, 0.4) is 0 Å². The molecule has 0 unspecified atom stereocenters. The van der Waals surface area contributed by atoms with Crippen molar-refractivity contribution in [1.82, 2.24) is 4.98 Å². The number of nitrogens with zero attached hydrogens (tertiary/aromatic N) is 1. The van der Waals surface area contributed by atoms with E-state index in [1.807, 2.05) is 6.07 Å². The van der Waals surface area contributed by atoms with E-state index in [2.05, 4.69) is 4.98 Å². The number of hydrogen-bond donors (Lipinski definition) is 1. The van der Waals surface area contributed by atoms with Crippen LogP contribution in [0.5, 0.6) is 11.5 Å². The zero-order valence-corrected chi connectivity index (χ0v) is 11.5. The highest BCUT2D eigenvalue weighted by atomic mass is 16.5. The number of carbonyl (C=O) groups excluding carboxylic acids is 1. The van der Waals surface area contributed by atoms with Gasteiger partial charge in [0.1, 0.15) is 17.3 Å². The molecule has 21 heavy (non-hydrogen) atoms. The van der Waals surface area contributed by atoms with Gasteiger partial charge in [-0.05, 0) is 42.2 Å². The molecule has 0 fully saturated rings. The van der Waals surface area contributed by atoms with Crippen LogP contribution in [0.25, 0.3) is 0 Å². The number of carbonyl (C=O) groups is 1. The van der Waals surface area contributed by atoms with Crippen molar-refractivity contribution in [3.05, 3.63) is 48.3 Å². The SMILES string of the molecule is CC(=O)C[C@H]1OB(O)c2cc(Oc3cccnc3)ccc21. The smallest absolute Gasteiger partial charge is 0.456 e. The van der Waals surface area contributed by atoms with Crippen LogP contribution < -0.4 is 10.2 Å². The van der Waals surface area contributed by atoms with Crippen LogP contribution in [0.1, 0.15) is 25.0 Å². The van der Waals surface area contributed by atoms with E-state index in [9.17, 15) is 9.82 Å². The monoisotopic (exact) mass is 283 g/mol. The zero-order chi connectivity index (χ0) is 14.8. The lowest BCUT2D eigenvalue weighted by Crippen LogP contribution is -2.27. The van der Waals surface area contributed by atoms with Gasteiger partial charge < -0.3 is 14.4 Å². The van der Waals surface area contributed by atoms with Gasteiger partial charge in [0, 0.05) is 12.6 Å². The van der Waals surface area contributed by atoms with Gasteiger partial charge in [0.25, 0.3) is 0 Å². The summed E-state index contributed by atoms with van der Waals surface area (Å²) in [6.45, 7) is 1.51. The predicted molar refractivity (Wildman–Crippen MR) is 77.5 cm³/mol. The van der Waals surface area contributed by atoms with Gasteiger partial charge in [-0.1, -0.05) is 6.07 Å². The minimum Gasteiger partial charge on any atom is -0.456 e. The van der Waals surface area contributed by atoms with Gasteiger partial charge in [-0.15, -0.1) is 0 Å². The average Bonchev–Trinajstić information content (AvgIpc) is 2.75. The molecule has 0 bridgehead atoms. The van der Waals surface area contributed by atoms with E-state index in [1.165, 1.54) is 6.92 Å². The van der Waals surface area contributed by atoms with Gasteiger partial charge in [-0.2, -0.15) is 0 Å². The van der Waals surface area contributed by atoms with E-state index in [0.29, 0.717) is 17.0 Å². The Bertz CT molecular complexity index is 662. The Morgan fingerprint density at radius 1 is 1.43 bits per heavy atom. The topological polar surface area (TPSA) is 68.7 Å². The molecular weight excluding hydrogens is 269 g/mol. The molecule has 2 aromatic rings. The fourth-order valence-electron chi connectivity index (χ4n) is 2.39. The number of rotatable bonds is 4. The van der Waals surface area contributed by atoms with E-state index in [-0.39, 0.29) is 18.3 Å². The molecule has 5 nitrogen and oxygen atoms in total. The van der Waals surface area contributed by atoms with Crippen LogP contribution in [-0.2, 0) is 9.45 Å². The molecule has 6 heteroatoms. The second kappa shape index (κ2) is 5.67. The van der Waals surface area contributed by atoms with Crippen LogP contribution in [0.15, 0.2) is 42.7 Å². The maximum atomic E-state index is 11.2. The number of ether oxygens (including phenoxy) is 1. The molecule has 2 heterocycles. The minimum atomic E-state index is -1.03. The number of aromatic nitrogens is 1. The van der Waals surface area contributed by atoms with E-state index in [0.717, 1.165) is 5.56 Å². The lowest BCUT2D eigenvalue weighted by molar-refractivity contribution is -0.118. The predicted octanol–water partition coefficient (Wildman–Crippen LogP) is 1.61. The molecule has 106 valence electrons. The Hall–Kier alpha value is -2.18. The van der Waals surface area contributed by atoms with Crippen molar-refractivity contribution < 1.29 is 19.2 Å². The highest BCUT2D eigenvalue weighted by molar-refractivity contribution is 6.61. The quantitative estimate of drug-likeness (QED) is 0.863. The van der Waals surface area contributed by atoms with E-state index >= 15 is 0 Å². The van der Waals surface area contributed by atoms with Crippen LogP contribution in [0.4, 0.5) is 0 Å². The van der Waals surface area contributed by atoms with Gasteiger partial charge in [-0.25, -0.2) is 0 Å². The van der Waals surface area contributed by atoms with Crippen molar-refractivity contribution in [1.29, 1.82) is 0 Å². The summed E-state index contributed by atoms with van der Waals surface area (Å²) < 4.78 is 11.1. The maximum Gasteiger partial charge on any atom is 0.492 e. The molecule has 0 saturated carbocycles. The standard InChI is InChI=1S/C15H14BNO4/c1-10(18)7-15-13-5-4-11(8-14(13)16(19)21-15)20-12-3-2-6-17-9-12/h2-6,8-9,15,19H,7H2,1H3/t15-/m1/s1. The first kappa shape index (κ1) is 13.8. The van der Waals surface area contributed by atoms with Crippen molar-refractivity contribution in [2.45, 2.75) is 19.4 Å². The molecule has 1 aromatic carbocycles. The molecule has 1 aromatic heterocycles. The molecule has 3 rings (SSSR count). The lowest BCUT2D eigenvalue weighted by atomic mass is 9.79. The van der Waals surface area contributed by atoms with E-state index in [1.54, 1.807) is 36.7 Å². The summed E-state index contributed by atoms with van der Waals surface area (Å²) in [6.07, 6.45) is 3.14. The third-order valence-electron chi connectivity index (χ3n) is 3.31. The number of pyridine rings is 1. The normalized spacial score (nSPS) is 16.7. The second-order valence-electron chi connectivity index (χ2n) is 4.96. The van der Waals surface area contributed by atoms with Crippen LogP contribution in [0, 0.1) is 0 Å². The van der Waals surface area contributed by atoms with Gasteiger partial charge in [0.15, 0.2) is 0 Å². The summed E-state index contributed by atoms with van der Waals surface area (Å²) in [4.78, 5) is 15.2. The molecule has 1 aliphatic rings. The molecule has 0 saturated heterocycles.